The van der Waals surface area contributed by atoms with Crippen molar-refractivity contribution in [3.05, 3.63) is 0 Å². The van der Waals surface area contributed by atoms with Gasteiger partial charge in [0.25, 0.3) is 0 Å². The maximum atomic E-state index is 12.3. The van der Waals surface area contributed by atoms with E-state index in [1.807, 2.05) is 0 Å². The predicted molar refractivity (Wildman–Crippen MR) is 75.7 cm³/mol. The molecule has 0 aromatic heterocycles. The van der Waals surface area contributed by atoms with Crippen molar-refractivity contribution in [1.29, 1.82) is 0 Å². The number of nitrogens with one attached hydrogen (secondary N) is 1. The van der Waals surface area contributed by atoms with E-state index in [1.54, 1.807) is 0 Å². The fourth-order valence-corrected chi connectivity index (χ4v) is 2.42. The number of aliphatic hydroxyl groups is 1. The molecule has 0 aliphatic carbocycles. The Kier molecular flexibility index (Phi) is 6.48. The van der Waals surface area contributed by atoms with Gasteiger partial charge in [0.05, 0.1) is 13.2 Å². The fraction of sp³-hybridized carbons (Fsp3) is 0.714. The Morgan fingerprint density at radius 1 is 1.32 bits per heavy atom. The van der Waals surface area contributed by atoms with E-state index in [2.05, 4.69) is 10.1 Å². The largest absolute Gasteiger partial charge is 0.467 e. The Labute approximate surface area is 128 Å². The van der Waals surface area contributed by atoms with Crippen LogP contribution in [0.5, 0.6) is 0 Å². The predicted octanol–water partition coefficient (Wildman–Crippen LogP) is -1.00. The van der Waals surface area contributed by atoms with Crippen LogP contribution in [0.4, 0.5) is 0 Å². The number of methoxy groups -OCH3 is 1. The van der Waals surface area contributed by atoms with Crippen molar-refractivity contribution in [1.82, 2.24) is 10.2 Å². The normalized spacial score (nSPS) is 22.1. The summed E-state index contributed by atoms with van der Waals surface area (Å²) in [7, 11) is 1.19. The second-order valence-electron chi connectivity index (χ2n) is 5.40. The molecule has 1 heterocycles. The Hall–Kier alpha value is -1.96. The number of β-amino-alcohol motifs (C(OH)–C–C–N with tert-alkyl or cyclic N) is 1. The number of carbonyl (C=O) groups excluding carboxylic acids is 4. The number of hydrogen-bond acceptors (Lipinski definition) is 6. The number of ether oxygens (including phenoxy) is 1. The number of rotatable bonds is 6. The number of Topliss-reactive ketones (excluding diaryl/α,β-unsaturated/α-hetero) is 1. The third-order valence-corrected chi connectivity index (χ3v) is 3.57. The Morgan fingerprint density at radius 3 is 2.45 bits per heavy atom. The number of carbonyl (C=O) groups is 4. The maximum absolute atomic E-state index is 12.3. The smallest absolute Gasteiger partial charge is 0.328 e. The summed E-state index contributed by atoms with van der Waals surface area (Å²) >= 11 is 0. The first kappa shape index (κ1) is 18.1. The first-order valence-corrected chi connectivity index (χ1v) is 7.09. The van der Waals surface area contributed by atoms with Crippen LogP contribution in [-0.2, 0) is 23.9 Å². The second-order valence-corrected chi connectivity index (χ2v) is 5.40. The maximum Gasteiger partial charge on any atom is 0.328 e. The molecule has 0 aromatic carbocycles. The number of esters is 1. The highest BCUT2D eigenvalue weighted by molar-refractivity contribution is 5.91. The van der Waals surface area contributed by atoms with E-state index in [4.69, 9.17) is 0 Å². The molecule has 1 saturated heterocycles. The van der Waals surface area contributed by atoms with Gasteiger partial charge in [0, 0.05) is 26.3 Å². The zero-order chi connectivity index (χ0) is 16.9. The van der Waals surface area contributed by atoms with E-state index in [1.165, 1.54) is 25.9 Å². The van der Waals surface area contributed by atoms with Crippen LogP contribution in [0.15, 0.2) is 0 Å². The molecule has 0 saturated carbocycles. The first-order valence-electron chi connectivity index (χ1n) is 7.09. The minimum absolute atomic E-state index is 0.0871. The minimum Gasteiger partial charge on any atom is -0.467 e. The van der Waals surface area contributed by atoms with E-state index < -0.39 is 30.1 Å². The number of likely N-dealkylation sites (tertiary alicyclic amines) is 1. The van der Waals surface area contributed by atoms with Crippen LogP contribution in [0.2, 0.25) is 0 Å². The van der Waals surface area contributed by atoms with Gasteiger partial charge in [-0.1, -0.05) is 0 Å². The van der Waals surface area contributed by atoms with Crippen LogP contribution in [-0.4, -0.2) is 65.4 Å². The highest BCUT2D eigenvalue weighted by atomic mass is 16.5. The quantitative estimate of drug-likeness (QED) is 0.608. The minimum atomic E-state index is -0.951. The summed E-state index contributed by atoms with van der Waals surface area (Å²) in [5.74, 6) is -1.62. The molecule has 0 spiro atoms. The summed E-state index contributed by atoms with van der Waals surface area (Å²) < 4.78 is 4.61. The summed E-state index contributed by atoms with van der Waals surface area (Å²) in [5, 5.41) is 12.1. The molecule has 1 rings (SSSR count). The molecule has 22 heavy (non-hydrogen) atoms. The fourth-order valence-electron chi connectivity index (χ4n) is 2.42. The monoisotopic (exact) mass is 314 g/mol. The molecule has 0 bridgehead atoms. The molecular formula is C14H22N2O6. The van der Waals surface area contributed by atoms with E-state index in [0.717, 1.165) is 0 Å². The van der Waals surface area contributed by atoms with E-state index >= 15 is 0 Å². The third kappa shape index (κ3) is 4.80. The van der Waals surface area contributed by atoms with Crippen LogP contribution in [0.1, 0.15) is 33.1 Å². The molecule has 8 nitrogen and oxygen atoms in total. The van der Waals surface area contributed by atoms with Crippen molar-refractivity contribution >= 4 is 23.6 Å². The Balaban J connectivity index is 2.74. The molecule has 1 aliphatic rings. The van der Waals surface area contributed by atoms with Gasteiger partial charge in [-0.15, -0.1) is 0 Å². The van der Waals surface area contributed by atoms with E-state index in [9.17, 15) is 24.3 Å². The van der Waals surface area contributed by atoms with Crippen molar-refractivity contribution < 1.29 is 29.0 Å². The summed E-state index contributed by atoms with van der Waals surface area (Å²) in [6.45, 7) is 2.79. The van der Waals surface area contributed by atoms with Crippen LogP contribution >= 0.6 is 0 Å². The van der Waals surface area contributed by atoms with Gasteiger partial charge in [-0.05, 0) is 13.3 Å². The van der Waals surface area contributed by atoms with Gasteiger partial charge < -0.3 is 24.9 Å². The molecule has 0 unspecified atom stereocenters. The number of aliphatic hydroxyl groups excluding tert-OH is 1. The van der Waals surface area contributed by atoms with Crippen molar-refractivity contribution in [2.45, 2.75) is 51.3 Å². The van der Waals surface area contributed by atoms with Gasteiger partial charge in [0.1, 0.15) is 17.9 Å². The van der Waals surface area contributed by atoms with E-state index in [0.29, 0.717) is 0 Å². The van der Waals surface area contributed by atoms with Crippen molar-refractivity contribution in [2.75, 3.05) is 13.7 Å². The number of ketones is 1. The molecule has 0 radical (unpaired) electrons. The summed E-state index contributed by atoms with van der Waals surface area (Å²) in [4.78, 5) is 47.7. The lowest BCUT2D eigenvalue weighted by molar-refractivity contribution is -0.146. The molecule has 2 N–H and O–H groups in total. The van der Waals surface area contributed by atoms with Crippen molar-refractivity contribution in [3.63, 3.8) is 0 Å². The van der Waals surface area contributed by atoms with Gasteiger partial charge >= 0.3 is 5.97 Å². The molecular weight excluding hydrogens is 292 g/mol. The standard InChI is InChI=1S/C14H22N2O6/c1-8(17)4-5-11(14(21)22-3)15-13(20)12-6-10(19)7-16(12)9(2)18/h10-12,19H,4-7H2,1-3H3,(H,15,20)/t10-,11-,12+/m1/s1. The second kappa shape index (κ2) is 7.88. The summed E-state index contributed by atoms with van der Waals surface area (Å²) in [5.41, 5.74) is 0. The summed E-state index contributed by atoms with van der Waals surface area (Å²) in [6.07, 6.45) is -0.396. The van der Waals surface area contributed by atoms with Gasteiger partial charge in [0.15, 0.2) is 0 Å². The number of hydrogen-bond donors (Lipinski definition) is 2. The highest BCUT2D eigenvalue weighted by Gasteiger charge is 2.38. The molecule has 124 valence electrons. The zero-order valence-electron chi connectivity index (χ0n) is 13.0. The first-order chi connectivity index (χ1) is 10.3. The highest BCUT2D eigenvalue weighted by Crippen LogP contribution is 2.18. The van der Waals surface area contributed by atoms with Gasteiger partial charge in [0.2, 0.25) is 11.8 Å². The Bertz CT molecular complexity index is 464. The van der Waals surface area contributed by atoms with Gasteiger partial charge in [-0.3, -0.25) is 9.59 Å². The molecule has 0 aromatic rings. The number of nitrogens with zero attached hydrogens (tertiary/aromatic N) is 1. The molecule has 1 aliphatic heterocycles. The van der Waals surface area contributed by atoms with Crippen molar-refractivity contribution in [3.8, 4) is 0 Å². The van der Waals surface area contributed by atoms with Crippen LogP contribution in [0.25, 0.3) is 0 Å². The summed E-state index contributed by atoms with van der Waals surface area (Å²) in [6, 6.07) is -1.77. The van der Waals surface area contributed by atoms with Gasteiger partial charge in [-0.25, -0.2) is 4.79 Å². The lowest BCUT2D eigenvalue weighted by Crippen LogP contribution is -2.50. The SMILES string of the molecule is COC(=O)[C@@H](CCC(C)=O)NC(=O)[C@@H]1C[C@@H](O)CN1C(C)=O. The van der Waals surface area contributed by atoms with Crippen molar-refractivity contribution in [2.24, 2.45) is 0 Å². The Morgan fingerprint density at radius 2 is 1.95 bits per heavy atom. The van der Waals surface area contributed by atoms with Crippen LogP contribution in [0.3, 0.4) is 0 Å². The molecule has 8 heteroatoms. The van der Waals surface area contributed by atoms with E-state index in [-0.39, 0.29) is 37.5 Å². The molecule has 1 fully saturated rings. The van der Waals surface area contributed by atoms with Crippen LogP contribution < -0.4 is 5.32 Å². The molecule has 3 atom stereocenters. The topological polar surface area (TPSA) is 113 Å². The lowest BCUT2D eigenvalue weighted by atomic mass is 10.1. The number of amides is 2. The third-order valence-electron chi connectivity index (χ3n) is 3.57. The zero-order valence-corrected chi connectivity index (χ0v) is 13.0. The van der Waals surface area contributed by atoms with Crippen LogP contribution in [0, 0.1) is 0 Å². The lowest BCUT2D eigenvalue weighted by Gasteiger charge is -2.24. The average Bonchev–Trinajstić information content (AvgIpc) is 2.84. The molecule has 2 amide bonds. The average molecular weight is 314 g/mol. The van der Waals surface area contributed by atoms with Gasteiger partial charge in [-0.2, -0.15) is 0 Å².